The second kappa shape index (κ2) is 5.27. The Labute approximate surface area is 107 Å². The maximum absolute atomic E-state index is 11.2. The van der Waals surface area contributed by atoms with E-state index in [1.54, 1.807) is 0 Å². The zero-order valence-corrected chi connectivity index (χ0v) is 10.5. The van der Waals surface area contributed by atoms with E-state index in [4.69, 9.17) is 5.73 Å². The first-order chi connectivity index (χ1) is 8.56. The number of hydrogen-bond acceptors (Lipinski definition) is 3. The van der Waals surface area contributed by atoms with Gasteiger partial charge in [0.25, 0.3) is 0 Å². The van der Waals surface area contributed by atoms with Crippen LogP contribution in [0.1, 0.15) is 5.56 Å². The summed E-state index contributed by atoms with van der Waals surface area (Å²) in [6.07, 6.45) is -0.126. The summed E-state index contributed by atoms with van der Waals surface area (Å²) in [5.41, 5.74) is 7.55. The van der Waals surface area contributed by atoms with E-state index in [-0.39, 0.29) is 6.04 Å². The lowest BCUT2D eigenvalue weighted by molar-refractivity contribution is 0.0778. The lowest BCUT2D eigenvalue weighted by Crippen LogP contribution is -2.54. The minimum atomic E-state index is -0.836. The number of nitrogens with zero attached hydrogens (tertiary/aromatic N) is 2. The molecule has 1 aromatic carbocycles. The summed E-state index contributed by atoms with van der Waals surface area (Å²) in [5.74, 6) is 0. The number of piperazine rings is 1. The van der Waals surface area contributed by atoms with Crippen LogP contribution in [0.5, 0.6) is 0 Å². The van der Waals surface area contributed by atoms with E-state index in [9.17, 15) is 9.90 Å². The van der Waals surface area contributed by atoms with Crippen LogP contribution in [0.15, 0.2) is 24.3 Å². The van der Waals surface area contributed by atoms with Crippen molar-refractivity contribution in [3.05, 3.63) is 29.8 Å². The Hall–Kier alpha value is -1.75. The number of anilines is 1. The molecule has 0 aromatic heterocycles. The summed E-state index contributed by atoms with van der Waals surface area (Å²) in [4.78, 5) is 14.9. The standard InChI is InChI=1S/C13H19N3O2/c1-15-5-6-16(13(17)18)12(9-15)8-10-3-2-4-11(14)7-10/h2-4,7,12H,5-6,8-9,14H2,1H3,(H,17,18). The third-order valence-electron chi connectivity index (χ3n) is 3.35. The Kier molecular flexibility index (Phi) is 3.72. The maximum Gasteiger partial charge on any atom is 0.407 e. The van der Waals surface area contributed by atoms with Crippen LogP contribution in [0.2, 0.25) is 0 Å². The number of carbonyl (C=O) groups is 1. The zero-order chi connectivity index (χ0) is 13.1. The molecule has 1 aliphatic heterocycles. The number of likely N-dealkylation sites (N-methyl/N-ethyl adjacent to an activating group) is 1. The monoisotopic (exact) mass is 249 g/mol. The molecule has 3 N–H and O–H groups in total. The molecular formula is C13H19N3O2. The molecule has 0 spiro atoms. The van der Waals surface area contributed by atoms with Gasteiger partial charge in [0.15, 0.2) is 0 Å². The Balaban J connectivity index is 2.11. The highest BCUT2D eigenvalue weighted by molar-refractivity contribution is 5.65. The molecule has 5 heteroatoms. The first kappa shape index (κ1) is 12.7. The van der Waals surface area contributed by atoms with Gasteiger partial charge < -0.3 is 20.6 Å². The fourth-order valence-corrected chi connectivity index (χ4v) is 2.43. The van der Waals surface area contributed by atoms with Gasteiger partial charge >= 0.3 is 6.09 Å². The van der Waals surface area contributed by atoms with Crippen molar-refractivity contribution in [3.8, 4) is 0 Å². The van der Waals surface area contributed by atoms with E-state index < -0.39 is 6.09 Å². The smallest absolute Gasteiger partial charge is 0.407 e. The van der Waals surface area contributed by atoms with Crippen LogP contribution in [0.3, 0.4) is 0 Å². The predicted molar refractivity (Wildman–Crippen MR) is 70.6 cm³/mol. The molecule has 1 saturated heterocycles. The van der Waals surface area contributed by atoms with Gasteiger partial charge in [0.1, 0.15) is 0 Å². The first-order valence-corrected chi connectivity index (χ1v) is 6.09. The van der Waals surface area contributed by atoms with E-state index in [0.29, 0.717) is 13.0 Å². The largest absolute Gasteiger partial charge is 0.465 e. The van der Waals surface area contributed by atoms with E-state index in [2.05, 4.69) is 4.90 Å². The van der Waals surface area contributed by atoms with E-state index in [1.807, 2.05) is 31.3 Å². The van der Waals surface area contributed by atoms with Gasteiger partial charge in [-0.2, -0.15) is 0 Å². The Bertz CT molecular complexity index is 436. The summed E-state index contributed by atoms with van der Waals surface area (Å²) in [7, 11) is 2.02. The van der Waals surface area contributed by atoms with Crippen molar-refractivity contribution in [2.45, 2.75) is 12.5 Å². The van der Waals surface area contributed by atoms with Crippen molar-refractivity contribution in [3.63, 3.8) is 0 Å². The van der Waals surface area contributed by atoms with Crippen molar-refractivity contribution in [2.75, 3.05) is 32.4 Å². The molecule has 0 bridgehead atoms. The van der Waals surface area contributed by atoms with Crippen molar-refractivity contribution >= 4 is 11.8 Å². The number of carboxylic acid groups (broad SMARTS) is 1. The minimum Gasteiger partial charge on any atom is -0.465 e. The fourth-order valence-electron chi connectivity index (χ4n) is 2.43. The SMILES string of the molecule is CN1CCN(C(=O)O)C(Cc2cccc(N)c2)C1. The summed E-state index contributed by atoms with van der Waals surface area (Å²) >= 11 is 0. The molecule has 2 rings (SSSR count). The summed E-state index contributed by atoms with van der Waals surface area (Å²) in [6.45, 7) is 2.12. The molecule has 0 radical (unpaired) electrons. The van der Waals surface area contributed by atoms with Gasteiger partial charge in [0, 0.05) is 25.3 Å². The average Bonchev–Trinajstić information content (AvgIpc) is 2.28. The second-order valence-electron chi connectivity index (χ2n) is 4.84. The van der Waals surface area contributed by atoms with Gasteiger partial charge in [-0.3, -0.25) is 0 Å². The normalized spacial score (nSPS) is 20.9. The molecule has 1 unspecified atom stereocenters. The molecule has 18 heavy (non-hydrogen) atoms. The van der Waals surface area contributed by atoms with Crippen LogP contribution in [-0.2, 0) is 6.42 Å². The van der Waals surface area contributed by atoms with Gasteiger partial charge in [0.05, 0.1) is 6.04 Å². The summed E-state index contributed by atoms with van der Waals surface area (Å²) < 4.78 is 0. The Morgan fingerprint density at radius 2 is 2.28 bits per heavy atom. The van der Waals surface area contributed by atoms with Gasteiger partial charge in [0.2, 0.25) is 0 Å². The first-order valence-electron chi connectivity index (χ1n) is 6.09. The molecule has 5 nitrogen and oxygen atoms in total. The highest BCUT2D eigenvalue weighted by Gasteiger charge is 2.28. The highest BCUT2D eigenvalue weighted by atomic mass is 16.4. The molecule has 1 aromatic rings. The van der Waals surface area contributed by atoms with E-state index >= 15 is 0 Å². The molecule has 98 valence electrons. The second-order valence-corrected chi connectivity index (χ2v) is 4.84. The lowest BCUT2D eigenvalue weighted by Gasteiger charge is -2.38. The number of benzene rings is 1. The lowest BCUT2D eigenvalue weighted by atomic mass is 10.0. The van der Waals surface area contributed by atoms with Crippen LogP contribution < -0.4 is 5.73 Å². The maximum atomic E-state index is 11.2. The van der Waals surface area contributed by atoms with Gasteiger partial charge in [-0.15, -0.1) is 0 Å². The molecule has 1 atom stereocenters. The predicted octanol–water partition coefficient (Wildman–Crippen LogP) is 1.11. The Morgan fingerprint density at radius 3 is 2.94 bits per heavy atom. The molecule has 0 aliphatic carbocycles. The molecule has 1 fully saturated rings. The van der Waals surface area contributed by atoms with Gasteiger partial charge in [-0.1, -0.05) is 12.1 Å². The molecular weight excluding hydrogens is 230 g/mol. The number of amides is 1. The highest BCUT2D eigenvalue weighted by Crippen LogP contribution is 2.16. The van der Waals surface area contributed by atoms with Crippen molar-refractivity contribution in [1.29, 1.82) is 0 Å². The van der Waals surface area contributed by atoms with Crippen LogP contribution in [0, 0.1) is 0 Å². The van der Waals surface area contributed by atoms with E-state index in [1.165, 1.54) is 4.90 Å². The third kappa shape index (κ3) is 2.92. The number of nitrogens with two attached hydrogens (primary N) is 1. The molecule has 0 saturated carbocycles. The van der Waals surface area contributed by atoms with Crippen LogP contribution >= 0.6 is 0 Å². The van der Waals surface area contributed by atoms with Crippen LogP contribution in [-0.4, -0.2) is 53.7 Å². The van der Waals surface area contributed by atoms with Crippen molar-refractivity contribution in [2.24, 2.45) is 0 Å². The van der Waals surface area contributed by atoms with Gasteiger partial charge in [-0.05, 0) is 31.2 Å². The summed E-state index contributed by atoms with van der Waals surface area (Å²) in [6, 6.07) is 7.65. The number of rotatable bonds is 2. The van der Waals surface area contributed by atoms with Crippen molar-refractivity contribution in [1.82, 2.24) is 9.80 Å². The summed E-state index contributed by atoms with van der Waals surface area (Å²) in [5, 5.41) is 9.21. The van der Waals surface area contributed by atoms with E-state index in [0.717, 1.165) is 24.3 Å². The van der Waals surface area contributed by atoms with Crippen LogP contribution in [0.4, 0.5) is 10.5 Å². The number of nitrogen functional groups attached to an aromatic ring is 1. The van der Waals surface area contributed by atoms with Crippen molar-refractivity contribution < 1.29 is 9.90 Å². The molecule has 1 heterocycles. The van der Waals surface area contributed by atoms with Crippen LogP contribution in [0.25, 0.3) is 0 Å². The molecule has 1 aliphatic rings. The quantitative estimate of drug-likeness (QED) is 0.770. The fraction of sp³-hybridized carbons (Fsp3) is 0.462. The molecule has 1 amide bonds. The minimum absolute atomic E-state index is 0.00282. The Morgan fingerprint density at radius 1 is 1.50 bits per heavy atom. The zero-order valence-electron chi connectivity index (χ0n) is 10.5. The topological polar surface area (TPSA) is 69.8 Å². The third-order valence-corrected chi connectivity index (χ3v) is 3.35. The van der Waals surface area contributed by atoms with Gasteiger partial charge in [-0.25, -0.2) is 4.79 Å². The number of hydrogen-bond donors (Lipinski definition) is 2. The average molecular weight is 249 g/mol.